The van der Waals surface area contributed by atoms with E-state index in [9.17, 15) is 9.59 Å². The van der Waals surface area contributed by atoms with Crippen molar-refractivity contribution in [3.05, 3.63) is 11.9 Å². The summed E-state index contributed by atoms with van der Waals surface area (Å²) in [4.78, 5) is 24.9. The third kappa shape index (κ3) is 21.8. The highest BCUT2D eigenvalue weighted by Crippen LogP contribution is 2.13. The van der Waals surface area contributed by atoms with Crippen LogP contribution in [0.25, 0.3) is 0 Å². The molecule has 10 nitrogen and oxygen atoms in total. The van der Waals surface area contributed by atoms with Gasteiger partial charge in [-0.05, 0) is 54.4 Å². The second-order valence-corrected chi connectivity index (χ2v) is 14.7. The van der Waals surface area contributed by atoms with Gasteiger partial charge in [-0.25, -0.2) is 4.79 Å². The smallest absolute Gasteiger partial charge is 0.407 e. The first-order chi connectivity index (χ1) is 20.8. The molecule has 1 aromatic rings. The van der Waals surface area contributed by atoms with E-state index >= 15 is 0 Å². The zero-order valence-corrected chi connectivity index (χ0v) is 29.9. The van der Waals surface area contributed by atoms with E-state index < -0.39 is 29.3 Å². The first-order valence-electron chi connectivity index (χ1n) is 16.7. The summed E-state index contributed by atoms with van der Waals surface area (Å²) in [5.41, 5.74) is 0.0420. The maximum atomic E-state index is 12.5. The van der Waals surface area contributed by atoms with Crippen molar-refractivity contribution in [3.63, 3.8) is 0 Å². The second-order valence-electron chi connectivity index (χ2n) is 13.6. The predicted molar refractivity (Wildman–Crippen MR) is 180 cm³/mol. The molecule has 256 valence electrons. The normalized spacial score (nSPS) is 13.5. The average Bonchev–Trinajstić information content (AvgIpc) is 3.39. The Kier molecular flexibility index (Phi) is 20.7. The SMILES string of the molecule is CCCCCCCCCCCCCc1cn(CCSC[C@@H](CNC(COC(C)(C)C)C(=O)OC)NC(=O)OC(C)(C)C)nn1. The van der Waals surface area contributed by atoms with E-state index in [0.29, 0.717) is 12.3 Å². The van der Waals surface area contributed by atoms with Gasteiger partial charge in [0.2, 0.25) is 0 Å². The van der Waals surface area contributed by atoms with Crippen LogP contribution in [-0.2, 0) is 32.0 Å². The molecule has 0 fully saturated rings. The van der Waals surface area contributed by atoms with Gasteiger partial charge in [-0.15, -0.1) is 5.10 Å². The van der Waals surface area contributed by atoms with Gasteiger partial charge in [-0.1, -0.05) is 76.3 Å². The summed E-state index contributed by atoms with van der Waals surface area (Å²) >= 11 is 1.70. The molecule has 0 aliphatic heterocycles. The van der Waals surface area contributed by atoms with Crippen LogP contribution >= 0.6 is 11.8 Å². The van der Waals surface area contributed by atoms with E-state index in [2.05, 4.69) is 27.9 Å². The minimum atomic E-state index is -0.652. The molecule has 1 aromatic heterocycles. The molecule has 1 rings (SSSR count). The number of alkyl carbamates (subject to hydrolysis) is 1. The number of esters is 1. The van der Waals surface area contributed by atoms with Crippen LogP contribution in [0.5, 0.6) is 0 Å². The van der Waals surface area contributed by atoms with Gasteiger partial charge in [-0.2, -0.15) is 11.8 Å². The molecule has 44 heavy (non-hydrogen) atoms. The number of rotatable bonds is 24. The lowest BCUT2D eigenvalue weighted by Crippen LogP contribution is -2.51. The number of ether oxygens (including phenoxy) is 3. The number of hydrogen-bond donors (Lipinski definition) is 2. The van der Waals surface area contributed by atoms with Crippen molar-refractivity contribution in [1.82, 2.24) is 25.6 Å². The van der Waals surface area contributed by atoms with Crippen LogP contribution in [-0.4, -0.2) is 82.1 Å². The van der Waals surface area contributed by atoms with Gasteiger partial charge in [0.15, 0.2) is 0 Å². The number of aryl methyl sites for hydroxylation is 2. The first-order valence-corrected chi connectivity index (χ1v) is 17.9. The molecule has 0 aliphatic carbocycles. The van der Waals surface area contributed by atoms with Crippen molar-refractivity contribution in [2.45, 2.75) is 155 Å². The highest BCUT2D eigenvalue weighted by Gasteiger charge is 2.25. The highest BCUT2D eigenvalue weighted by atomic mass is 32.2. The summed E-state index contributed by atoms with van der Waals surface area (Å²) in [6.45, 7) is 14.8. The van der Waals surface area contributed by atoms with E-state index in [-0.39, 0.29) is 12.6 Å². The van der Waals surface area contributed by atoms with E-state index in [1.165, 1.54) is 71.3 Å². The molecular weight excluding hydrogens is 578 g/mol. The fraction of sp³-hybridized carbons (Fsp3) is 0.879. The van der Waals surface area contributed by atoms with Crippen molar-refractivity contribution in [1.29, 1.82) is 0 Å². The van der Waals surface area contributed by atoms with Crippen molar-refractivity contribution < 1.29 is 23.8 Å². The van der Waals surface area contributed by atoms with Gasteiger partial charge < -0.3 is 24.8 Å². The van der Waals surface area contributed by atoms with Crippen LogP contribution in [0, 0.1) is 0 Å². The molecule has 0 radical (unpaired) electrons. The molecule has 11 heteroatoms. The van der Waals surface area contributed by atoms with Gasteiger partial charge in [0.05, 0.1) is 37.6 Å². The Labute approximate surface area is 271 Å². The van der Waals surface area contributed by atoms with Crippen LogP contribution in [0.4, 0.5) is 4.79 Å². The van der Waals surface area contributed by atoms with E-state index in [1.807, 2.05) is 52.4 Å². The molecule has 0 saturated heterocycles. The zero-order chi connectivity index (χ0) is 32.8. The van der Waals surface area contributed by atoms with Crippen LogP contribution in [0.3, 0.4) is 0 Å². The topological polar surface area (TPSA) is 117 Å². The molecule has 0 saturated carbocycles. The van der Waals surface area contributed by atoms with Gasteiger partial charge in [-0.3, -0.25) is 9.48 Å². The van der Waals surface area contributed by atoms with E-state index in [1.54, 1.807) is 11.8 Å². The van der Waals surface area contributed by atoms with Gasteiger partial charge >= 0.3 is 12.1 Å². The first kappa shape index (κ1) is 40.2. The fourth-order valence-electron chi connectivity index (χ4n) is 4.51. The number of aromatic nitrogens is 3. The van der Waals surface area contributed by atoms with Crippen LogP contribution in [0.15, 0.2) is 6.20 Å². The van der Waals surface area contributed by atoms with Gasteiger partial charge in [0.1, 0.15) is 11.6 Å². The van der Waals surface area contributed by atoms with E-state index in [0.717, 1.165) is 30.8 Å². The Bertz CT molecular complexity index is 900. The maximum absolute atomic E-state index is 12.5. The Morgan fingerprint density at radius 2 is 1.55 bits per heavy atom. The summed E-state index contributed by atoms with van der Waals surface area (Å²) < 4.78 is 18.1. The number of nitrogens with one attached hydrogen (secondary N) is 2. The quantitative estimate of drug-likeness (QED) is 0.0939. The number of hydrogen-bond acceptors (Lipinski definition) is 9. The predicted octanol–water partition coefficient (Wildman–Crippen LogP) is 6.70. The molecule has 1 heterocycles. The molecule has 2 N–H and O–H groups in total. The maximum Gasteiger partial charge on any atom is 0.407 e. The van der Waals surface area contributed by atoms with Gasteiger partial charge in [0.25, 0.3) is 0 Å². The Balaban J connectivity index is 2.44. The molecular formula is C33H63N5O5S. The highest BCUT2D eigenvalue weighted by molar-refractivity contribution is 7.99. The monoisotopic (exact) mass is 641 g/mol. The molecule has 0 bridgehead atoms. The number of unbranched alkanes of at least 4 members (excludes halogenated alkanes) is 10. The summed E-state index contributed by atoms with van der Waals surface area (Å²) in [5, 5.41) is 14.8. The van der Waals surface area contributed by atoms with Crippen molar-refractivity contribution in [2.75, 3.05) is 31.8 Å². The average molecular weight is 642 g/mol. The summed E-state index contributed by atoms with van der Waals surface area (Å²) in [7, 11) is 1.36. The number of amides is 1. The summed E-state index contributed by atoms with van der Waals surface area (Å²) in [6.07, 6.45) is 17.2. The fourth-order valence-corrected chi connectivity index (χ4v) is 5.48. The summed E-state index contributed by atoms with van der Waals surface area (Å²) in [6, 6.07) is -0.926. The number of thioether (sulfide) groups is 1. The number of nitrogens with zero attached hydrogens (tertiary/aromatic N) is 3. The molecule has 0 spiro atoms. The standard InChI is InChI=1S/C33H63N5O5S/c1-9-10-11-12-13-14-15-16-17-18-19-20-27-24-38(37-36-27)21-22-44-26-28(35-31(40)43-33(5,6)7)23-34-29(30(39)41-8)25-42-32(2,3)4/h24,28-29,34H,9-23,25-26H2,1-8H3,(H,35,40)/t28-,29?/m1/s1. The Morgan fingerprint density at radius 1 is 0.932 bits per heavy atom. The molecule has 1 unspecified atom stereocenters. The third-order valence-electron chi connectivity index (χ3n) is 6.91. The van der Waals surface area contributed by atoms with Gasteiger partial charge in [0, 0.05) is 24.2 Å². The largest absolute Gasteiger partial charge is 0.468 e. The van der Waals surface area contributed by atoms with Crippen molar-refractivity contribution >= 4 is 23.8 Å². The second kappa shape index (κ2) is 22.6. The third-order valence-corrected chi connectivity index (χ3v) is 8.02. The summed E-state index contributed by atoms with van der Waals surface area (Å²) in [5.74, 6) is 1.02. The molecule has 0 aromatic carbocycles. The van der Waals surface area contributed by atoms with Crippen molar-refractivity contribution in [3.8, 4) is 0 Å². The Hall–Kier alpha value is -1.85. The van der Waals surface area contributed by atoms with E-state index in [4.69, 9.17) is 14.2 Å². The van der Waals surface area contributed by atoms with Crippen LogP contribution in [0.1, 0.15) is 125 Å². The van der Waals surface area contributed by atoms with Crippen LogP contribution < -0.4 is 10.6 Å². The lowest BCUT2D eigenvalue weighted by atomic mass is 10.0. The minimum Gasteiger partial charge on any atom is -0.468 e. The molecule has 1 amide bonds. The lowest BCUT2D eigenvalue weighted by molar-refractivity contribution is -0.146. The molecule has 2 atom stereocenters. The number of carbonyl (C=O) groups excluding carboxylic acids is 2. The lowest BCUT2D eigenvalue weighted by Gasteiger charge is -2.27. The number of carbonyl (C=O) groups is 2. The minimum absolute atomic E-state index is 0.163. The van der Waals surface area contributed by atoms with Crippen molar-refractivity contribution in [2.24, 2.45) is 0 Å². The number of methoxy groups -OCH3 is 1. The zero-order valence-electron chi connectivity index (χ0n) is 29.0. The molecule has 0 aliphatic rings. The van der Waals surface area contributed by atoms with Crippen LogP contribution in [0.2, 0.25) is 0 Å². The Morgan fingerprint density at radius 3 is 2.11 bits per heavy atom.